The van der Waals surface area contributed by atoms with Gasteiger partial charge in [-0.3, -0.25) is 0 Å². The summed E-state index contributed by atoms with van der Waals surface area (Å²) in [5.41, 5.74) is 1.22. The fourth-order valence-corrected chi connectivity index (χ4v) is 2.79. The van der Waals surface area contributed by atoms with Gasteiger partial charge in [-0.25, -0.2) is 4.79 Å². The molecule has 2 heterocycles. The summed E-state index contributed by atoms with van der Waals surface area (Å²) in [5, 5.41) is 10.3. The van der Waals surface area contributed by atoms with Crippen molar-refractivity contribution in [2.24, 2.45) is 5.92 Å². The lowest BCUT2D eigenvalue weighted by molar-refractivity contribution is 0.0614. The third-order valence-corrected chi connectivity index (χ3v) is 3.81. The van der Waals surface area contributed by atoms with Gasteiger partial charge in [-0.15, -0.1) is 0 Å². The quantitative estimate of drug-likeness (QED) is 0.922. The number of fused-ring (bicyclic) bond motifs is 1. The van der Waals surface area contributed by atoms with Crippen LogP contribution in [0.2, 0.25) is 0 Å². The van der Waals surface area contributed by atoms with Crippen LogP contribution in [0.4, 0.5) is 0 Å². The number of carboxylic acids is 1. The Labute approximate surface area is 111 Å². The molecular weight excluding hydrogens is 242 g/mol. The second kappa shape index (κ2) is 5.05. The smallest absolute Gasteiger partial charge is 0.337 e. The first-order valence-electron chi connectivity index (χ1n) is 6.64. The Morgan fingerprint density at radius 3 is 2.84 bits per heavy atom. The highest BCUT2D eigenvalue weighted by molar-refractivity contribution is 6.02. The molecule has 0 saturated carbocycles. The van der Waals surface area contributed by atoms with Crippen molar-refractivity contribution in [3.63, 3.8) is 0 Å². The first-order chi connectivity index (χ1) is 9.25. The van der Waals surface area contributed by atoms with E-state index in [-0.39, 0.29) is 0 Å². The van der Waals surface area contributed by atoms with Crippen molar-refractivity contribution in [1.82, 2.24) is 4.57 Å². The first-order valence-corrected chi connectivity index (χ1v) is 6.64. The number of ether oxygens (including phenoxy) is 1. The lowest BCUT2D eigenvalue weighted by atomic mass is 10.0. The lowest BCUT2D eigenvalue weighted by Crippen LogP contribution is -2.20. The predicted octanol–water partition coefficient (Wildman–Crippen LogP) is 2.77. The van der Waals surface area contributed by atoms with Gasteiger partial charge in [0.1, 0.15) is 0 Å². The monoisotopic (exact) mass is 259 g/mol. The van der Waals surface area contributed by atoms with Gasteiger partial charge in [0.05, 0.1) is 11.1 Å². The van der Waals surface area contributed by atoms with Gasteiger partial charge in [-0.2, -0.15) is 0 Å². The van der Waals surface area contributed by atoms with Crippen molar-refractivity contribution < 1.29 is 14.6 Å². The molecular formula is C15H17NO3. The van der Waals surface area contributed by atoms with Crippen LogP contribution < -0.4 is 0 Å². The van der Waals surface area contributed by atoms with Crippen LogP contribution in [0.15, 0.2) is 30.5 Å². The molecule has 4 heteroatoms. The molecule has 0 unspecified atom stereocenters. The van der Waals surface area contributed by atoms with E-state index >= 15 is 0 Å². The maximum absolute atomic E-state index is 11.3. The molecule has 1 aromatic heterocycles. The lowest BCUT2D eigenvalue weighted by Gasteiger charge is -2.23. The fraction of sp³-hybridized carbons (Fsp3) is 0.400. The van der Waals surface area contributed by atoms with Gasteiger partial charge in [-0.1, -0.05) is 12.1 Å². The summed E-state index contributed by atoms with van der Waals surface area (Å²) in [7, 11) is 0. The summed E-state index contributed by atoms with van der Waals surface area (Å²) in [5.74, 6) is -0.288. The number of hydrogen-bond donors (Lipinski definition) is 1. The van der Waals surface area contributed by atoms with Gasteiger partial charge in [0.15, 0.2) is 0 Å². The van der Waals surface area contributed by atoms with Crippen LogP contribution >= 0.6 is 0 Å². The summed E-state index contributed by atoms with van der Waals surface area (Å²) < 4.78 is 7.44. The van der Waals surface area contributed by atoms with Crippen molar-refractivity contribution >= 4 is 16.9 Å². The second-order valence-electron chi connectivity index (χ2n) is 5.07. The molecule has 1 aliphatic heterocycles. The Balaban J connectivity index is 1.96. The summed E-state index contributed by atoms with van der Waals surface area (Å²) in [4.78, 5) is 11.3. The molecule has 4 nitrogen and oxygen atoms in total. The Morgan fingerprint density at radius 2 is 2.11 bits per heavy atom. The number of aromatic nitrogens is 1. The van der Waals surface area contributed by atoms with E-state index in [1.165, 1.54) is 0 Å². The van der Waals surface area contributed by atoms with Crippen LogP contribution in [0.5, 0.6) is 0 Å². The van der Waals surface area contributed by atoms with E-state index in [1.807, 2.05) is 18.3 Å². The molecule has 3 rings (SSSR count). The van der Waals surface area contributed by atoms with Crippen molar-refractivity contribution in [1.29, 1.82) is 0 Å². The molecule has 0 amide bonds. The number of carboxylic acid groups (broad SMARTS) is 1. The third kappa shape index (κ3) is 2.36. The zero-order valence-electron chi connectivity index (χ0n) is 10.7. The molecule has 0 atom stereocenters. The average Bonchev–Trinajstić information content (AvgIpc) is 2.83. The van der Waals surface area contributed by atoms with Crippen LogP contribution in [-0.4, -0.2) is 28.9 Å². The average molecular weight is 259 g/mol. The third-order valence-electron chi connectivity index (χ3n) is 3.81. The SMILES string of the molecule is O=C(O)c1cccc2ccn(CC3CCOCC3)c12. The Bertz CT molecular complexity index is 596. The number of aromatic carboxylic acids is 1. The van der Waals surface area contributed by atoms with E-state index in [4.69, 9.17) is 4.74 Å². The van der Waals surface area contributed by atoms with E-state index in [1.54, 1.807) is 12.1 Å². The van der Waals surface area contributed by atoms with E-state index in [9.17, 15) is 9.90 Å². The predicted molar refractivity (Wildman–Crippen MR) is 72.4 cm³/mol. The van der Waals surface area contributed by atoms with Gasteiger partial charge in [0.25, 0.3) is 0 Å². The number of benzene rings is 1. The zero-order chi connectivity index (χ0) is 13.2. The second-order valence-corrected chi connectivity index (χ2v) is 5.07. The largest absolute Gasteiger partial charge is 0.478 e. The maximum atomic E-state index is 11.3. The number of rotatable bonds is 3. The minimum Gasteiger partial charge on any atom is -0.478 e. The van der Waals surface area contributed by atoms with E-state index in [0.717, 1.165) is 43.5 Å². The molecule has 1 N–H and O–H groups in total. The molecule has 1 saturated heterocycles. The minimum atomic E-state index is -0.863. The molecule has 0 radical (unpaired) electrons. The van der Waals surface area contributed by atoms with E-state index in [2.05, 4.69) is 4.57 Å². The maximum Gasteiger partial charge on any atom is 0.337 e. The van der Waals surface area contributed by atoms with Crippen LogP contribution in [-0.2, 0) is 11.3 Å². The van der Waals surface area contributed by atoms with Crippen LogP contribution in [0.1, 0.15) is 23.2 Å². The molecule has 0 bridgehead atoms. The molecule has 0 spiro atoms. The van der Waals surface area contributed by atoms with Crippen molar-refractivity contribution in [3.05, 3.63) is 36.0 Å². The standard InChI is InChI=1S/C15H17NO3/c17-15(18)13-3-1-2-12-4-7-16(14(12)13)10-11-5-8-19-9-6-11/h1-4,7,11H,5-6,8-10H2,(H,17,18). The van der Waals surface area contributed by atoms with Gasteiger partial charge in [0.2, 0.25) is 0 Å². The minimum absolute atomic E-state index is 0.384. The highest BCUT2D eigenvalue weighted by atomic mass is 16.5. The number of nitrogens with zero attached hydrogens (tertiary/aromatic N) is 1. The molecule has 1 aromatic carbocycles. The Kier molecular flexibility index (Phi) is 3.25. The zero-order valence-corrected chi connectivity index (χ0v) is 10.7. The molecule has 1 aliphatic rings. The molecule has 19 heavy (non-hydrogen) atoms. The Morgan fingerprint density at radius 1 is 1.32 bits per heavy atom. The molecule has 0 aliphatic carbocycles. The summed E-state index contributed by atoms with van der Waals surface area (Å²) in [6.45, 7) is 2.50. The van der Waals surface area contributed by atoms with Crippen molar-refractivity contribution in [2.75, 3.05) is 13.2 Å². The number of hydrogen-bond acceptors (Lipinski definition) is 2. The summed E-state index contributed by atoms with van der Waals surface area (Å²) >= 11 is 0. The normalized spacial score (nSPS) is 16.8. The van der Waals surface area contributed by atoms with Gasteiger partial charge in [-0.05, 0) is 30.9 Å². The highest BCUT2D eigenvalue weighted by Gasteiger charge is 2.17. The van der Waals surface area contributed by atoms with Crippen LogP contribution in [0.3, 0.4) is 0 Å². The van der Waals surface area contributed by atoms with Gasteiger partial charge < -0.3 is 14.4 Å². The van der Waals surface area contributed by atoms with Crippen LogP contribution in [0.25, 0.3) is 10.9 Å². The summed E-state index contributed by atoms with van der Waals surface area (Å²) in [6.07, 6.45) is 4.09. The summed E-state index contributed by atoms with van der Waals surface area (Å²) in [6, 6.07) is 7.42. The fourth-order valence-electron chi connectivity index (χ4n) is 2.79. The van der Waals surface area contributed by atoms with Gasteiger partial charge in [0, 0.05) is 31.3 Å². The molecule has 100 valence electrons. The van der Waals surface area contributed by atoms with Crippen molar-refractivity contribution in [3.8, 4) is 0 Å². The van der Waals surface area contributed by atoms with E-state index in [0.29, 0.717) is 11.5 Å². The number of carbonyl (C=O) groups is 1. The Hall–Kier alpha value is -1.81. The molecule has 2 aromatic rings. The van der Waals surface area contributed by atoms with E-state index < -0.39 is 5.97 Å². The first kappa shape index (κ1) is 12.2. The highest BCUT2D eigenvalue weighted by Crippen LogP contribution is 2.24. The number of para-hydroxylation sites is 1. The topological polar surface area (TPSA) is 51.5 Å². The van der Waals surface area contributed by atoms with Crippen LogP contribution in [0, 0.1) is 5.92 Å². The van der Waals surface area contributed by atoms with Crippen molar-refractivity contribution in [2.45, 2.75) is 19.4 Å². The van der Waals surface area contributed by atoms with Gasteiger partial charge >= 0.3 is 5.97 Å². The molecule has 1 fully saturated rings.